The van der Waals surface area contributed by atoms with E-state index >= 15 is 0 Å². The molecule has 0 amide bonds. The highest BCUT2D eigenvalue weighted by molar-refractivity contribution is 6.35. The van der Waals surface area contributed by atoms with E-state index in [1.165, 1.54) is 19.3 Å². The Morgan fingerprint density at radius 1 is 1.12 bits per heavy atom. The Hall–Kier alpha value is -4.22. The lowest BCUT2D eigenvalue weighted by molar-refractivity contribution is -0.0989. The van der Waals surface area contributed by atoms with E-state index in [4.69, 9.17) is 11.6 Å². The Kier molecular flexibility index (Phi) is 5.91. The summed E-state index contributed by atoms with van der Waals surface area (Å²) in [5.41, 5.74) is 5.60. The molecule has 0 spiro atoms. The fourth-order valence-corrected chi connectivity index (χ4v) is 6.45. The van der Waals surface area contributed by atoms with Crippen LogP contribution in [0.15, 0.2) is 61.1 Å². The quantitative estimate of drug-likeness (QED) is 0.218. The molecule has 3 saturated carbocycles. The van der Waals surface area contributed by atoms with Gasteiger partial charge in [0.1, 0.15) is 11.8 Å². The second kappa shape index (κ2) is 9.42. The van der Waals surface area contributed by atoms with Gasteiger partial charge in [0.05, 0.1) is 45.1 Å². The maximum Gasteiger partial charge on any atom is 0.110 e. The summed E-state index contributed by atoms with van der Waals surface area (Å²) in [6.45, 7) is 7.14. The van der Waals surface area contributed by atoms with Gasteiger partial charge < -0.3 is 10.6 Å². The molecule has 0 aliphatic heterocycles. The number of nitrogens with one attached hydrogen (secondary N) is 2. The number of rotatable bonds is 7. The van der Waals surface area contributed by atoms with Gasteiger partial charge in [0.2, 0.25) is 0 Å². The fourth-order valence-electron chi connectivity index (χ4n) is 6.18. The molecule has 3 heterocycles. The summed E-state index contributed by atoms with van der Waals surface area (Å²) >= 11 is 6.83. The van der Waals surface area contributed by atoms with E-state index in [1.807, 2.05) is 36.5 Å². The monoisotopic (exact) mass is 562 g/mol. The van der Waals surface area contributed by atoms with Crippen molar-refractivity contribution < 1.29 is 0 Å². The minimum Gasteiger partial charge on any atom is -0.383 e. The Labute approximate surface area is 243 Å². The number of nitrogens with zero attached hydrogens (tertiary/aromatic N) is 6. The highest BCUT2D eigenvalue weighted by Crippen LogP contribution is 2.62. The molecule has 3 aliphatic carbocycles. The first-order chi connectivity index (χ1) is 19.7. The molecular formula is C32H31ClN8. The third kappa shape index (κ3) is 4.45. The van der Waals surface area contributed by atoms with Crippen molar-refractivity contribution >= 4 is 44.8 Å². The number of fused-ring (bicyclic) bond motifs is 2. The summed E-state index contributed by atoms with van der Waals surface area (Å²) in [6.07, 6.45) is 9.04. The molecule has 2 aromatic carbocycles. The van der Waals surface area contributed by atoms with Crippen LogP contribution in [-0.2, 0) is 5.54 Å². The van der Waals surface area contributed by atoms with Gasteiger partial charge in [-0.1, -0.05) is 55.8 Å². The summed E-state index contributed by atoms with van der Waals surface area (Å²) in [6, 6.07) is 16.1. The summed E-state index contributed by atoms with van der Waals surface area (Å²) < 4.78 is 2.07. The standard InChI is InChI=1S/C32H31ClN8/c1-31(2,3)18-37-28-20(15-34)16-36-29-24(28)10-21(11-25(29)33)38-30(23-6-4-8-26-22(23)7-5-9-35-26)27-17-41(40-39-27)32-12-19(13-32)14-32/h4-11,16-17,19,30,38H,12-14,18H2,1-3H3,(H,36,37). The Morgan fingerprint density at radius 3 is 2.68 bits per heavy atom. The van der Waals surface area contributed by atoms with Gasteiger partial charge in [0.15, 0.2) is 0 Å². The van der Waals surface area contributed by atoms with Crippen LogP contribution in [0.3, 0.4) is 0 Å². The minimum absolute atomic E-state index is 0.0156. The normalized spacial score (nSPS) is 20.2. The molecule has 1 unspecified atom stereocenters. The molecule has 8 nitrogen and oxygen atoms in total. The lowest BCUT2D eigenvalue weighted by Gasteiger charge is -2.61. The largest absolute Gasteiger partial charge is 0.383 e. The molecule has 0 radical (unpaired) electrons. The van der Waals surface area contributed by atoms with E-state index in [-0.39, 0.29) is 17.0 Å². The van der Waals surface area contributed by atoms with Crippen molar-refractivity contribution in [2.24, 2.45) is 11.3 Å². The molecule has 1 atom stereocenters. The Morgan fingerprint density at radius 2 is 1.95 bits per heavy atom. The van der Waals surface area contributed by atoms with Crippen LogP contribution in [0, 0.1) is 22.7 Å². The molecule has 206 valence electrons. The lowest BCUT2D eigenvalue weighted by Crippen LogP contribution is -2.59. The van der Waals surface area contributed by atoms with Crippen LogP contribution >= 0.6 is 11.6 Å². The first kappa shape index (κ1) is 25.7. The number of pyridine rings is 2. The first-order valence-corrected chi connectivity index (χ1v) is 14.4. The van der Waals surface area contributed by atoms with E-state index in [2.05, 4.69) is 80.8 Å². The molecular weight excluding hydrogens is 532 g/mol. The van der Waals surface area contributed by atoms with Gasteiger partial charge in [0, 0.05) is 35.4 Å². The zero-order chi connectivity index (χ0) is 28.4. The van der Waals surface area contributed by atoms with E-state index < -0.39 is 0 Å². The number of benzene rings is 2. The second-order valence-electron chi connectivity index (χ2n) is 12.7. The maximum absolute atomic E-state index is 9.88. The Balaban J connectivity index is 1.34. The van der Waals surface area contributed by atoms with Gasteiger partial charge >= 0.3 is 0 Å². The number of hydrogen-bond acceptors (Lipinski definition) is 7. The number of nitriles is 1. The summed E-state index contributed by atoms with van der Waals surface area (Å²) in [5.74, 6) is 0.841. The molecule has 2 N–H and O–H groups in total. The predicted molar refractivity (Wildman–Crippen MR) is 162 cm³/mol. The molecule has 8 rings (SSSR count). The highest BCUT2D eigenvalue weighted by Gasteiger charge is 2.58. The van der Waals surface area contributed by atoms with Gasteiger partial charge in [-0.25, -0.2) is 4.68 Å². The number of anilines is 2. The molecule has 0 saturated heterocycles. The van der Waals surface area contributed by atoms with Gasteiger partial charge in [-0.05, 0) is 60.4 Å². The molecule has 5 aromatic rings. The summed E-state index contributed by atoms with van der Waals surface area (Å²) in [4.78, 5) is 9.12. The molecule has 41 heavy (non-hydrogen) atoms. The first-order valence-electron chi connectivity index (χ1n) is 14.0. The topological polar surface area (TPSA) is 104 Å². The van der Waals surface area contributed by atoms with Gasteiger partial charge in [-0.3, -0.25) is 9.97 Å². The van der Waals surface area contributed by atoms with Crippen molar-refractivity contribution in [2.45, 2.75) is 51.6 Å². The van der Waals surface area contributed by atoms with Crippen LogP contribution < -0.4 is 10.6 Å². The number of halogens is 1. The van der Waals surface area contributed by atoms with Crippen molar-refractivity contribution in [3.05, 3.63) is 82.9 Å². The van der Waals surface area contributed by atoms with Crippen LogP contribution in [0.2, 0.25) is 5.02 Å². The van der Waals surface area contributed by atoms with E-state index in [0.717, 1.165) is 44.8 Å². The second-order valence-corrected chi connectivity index (χ2v) is 13.1. The number of aromatic nitrogens is 5. The zero-order valence-electron chi connectivity index (χ0n) is 23.3. The van der Waals surface area contributed by atoms with Crippen molar-refractivity contribution in [1.29, 1.82) is 5.26 Å². The molecule has 2 bridgehead atoms. The fraction of sp³-hybridized carbons (Fsp3) is 0.344. The zero-order valence-corrected chi connectivity index (χ0v) is 24.1. The minimum atomic E-state index is -0.310. The summed E-state index contributed by atoms with van der Waals surface area (Å²) in [5, 5.41) is 28.7. The SMILES string of the molecule is CC(C)(C)CNc1c(C#N)cnc2c(Cl)cc(NC(c3cn(C45CC(C4)C5)nn3)c3cccc4ncccc34)cc12. The van der Waals surface area contributed by atoms with E-state index in [1.54, 1.807) is 6.20 Å². The number of hydrogen-bond donors (Lipinski definition) is 2. The molecule has 3 fully saturated rings. The average molecular weight is 563 g/mol. The van der Waals surface area contributed by atoms with Crippen molar-refractivity contribution in [1.82, 2.24) is 25.0 Å². The van der Waals surface area contributed by atoms with Crippen LogP contribution in [0.5, 0.6) is 0 Å². The van der Waals surface area contributed by atoms with Gasteiger partial charge in [-0.2, -0.15) is 5.26 Å². The summed E-state index contributed by atoms with van der Waals surface area (Å²) in [7, 11) is 0. The van der Waals surface area contributed by atoms with E-state index in [0.29, 0.717) is 22.6 Å². The van der Waals surface area contributed by atoms with Crippen molar-refractivity contribution in [3.8, 4) is 6.07 Å². The van der Waals surface area contributed by atoms with Crippen LogP contribution in [0.25, 0.3) is 21.8 Å². The smallest absolute Gasteiger partial charge is 0.110 e. The molecule has 3 aliphatic rings. The van der Waals surface area contributed by atoms with Gasteiger partial charge in [-0.15, -0.1) is 5.10 Å². The molecule has 3 aromatic heterocycles. The maximum atomic E-state index is 9.88. The van der Waals surface area contributed by atoms with Crippen LogP contribution in [0.4, 0.5) is 11.4 Å². The van der Waals surface area contributed by atoms with Crippen LogP contribution in [-0.4, -0.2) is 31.5 Å². The predicted octanol–water partition coefficient (Wildman–Crippen LogP) is 7.07. The molecule has 9 heteroatoms. The van der Waals surface area contributed by atoms with E-state index in [9.17, 15) is 5.26 Å². The lowest BCUT2D eigenvalue weighted by atomic mass is 9.50. The highest BCUT2D eigenvalue weighted by atomic mass is 35.5. The average Bonchev–Trinajstić information content (AvgIpc) is 3.37. The Bertz CT molecular complexity index is 1820. The van der Waals surface area contributed by atoms with Crippen molar-refractivity contribution in [3.63, 3.8) is 0 Å². The van der Waals surface area contributed by atoms with Gasteiger partial charge in [0.25, 0.3) is 0 Å². The third-order valence-corrected chi connectivity index (χ3v) is 8.73. The third-order valence-electron chi connectivity index (χ3n) is 8.44. The van der Waals surface area contributed by atoms with Crippen molar-refractivity contribution in [2.75, 3.05) is 17.2 Å². The van der Waals surface area contributed by atoms with Crippen LogP contribution in [0.1, 0.15) is 62.9 Å².